The molecule has 1 amide bonds. The molecular formula is C15H23N3O. The molecule has 104 valence electrons. The Bertz CT molecular complexity index is 439. The van der Waals surface area contributed by atoms with Gasteiger partial charge in [-0.3, -0.25) is 4.79 Å². The topological polar surface area (TPSA) is 26.8 Å². The molecule has 1 aromatic rings. The molecule has 0 saturated carbocycles. The van der Waals surface area contributed by atoms with Crippen LogP contribution in [0.4, 0.5) is 5.69 Å². The number of carbonyl (C=O) groups is 1. The predicted octanol–water partition coefficient (Wildman–Crippen LogP) is 1.53. The van der Waals surface area contributed by atoms with Gasteiger partial charge in [-0.15, -0.1) is 0 Å². The van der Waals surface area contributed by atoms with Crippen molar-refractivity contribution in [3.63, 3.8) is 0 Å². The summed E-state index contributed by atoms with van der Waals surface area (Å²) in [6.07, 6.45) is 1.06. The third kappa shape index (κ3) is 3.07. The van der Waals surface area contributed by atoms with Crippen molar-refractivity contribution >= 4 is 11.6 Å². The zero-order valence-electron chi connectivity index (χ0n) is 12.3. The first-order chi connectivity index (χ1) is 8.99. The van der Waals surface area contributed by atoms with Gasteiger partial charge in [0.1, 0.15) is 0 Å². The van der Waals surface area contributed by atoms with Gasteiger partial charge in [0.05, 0.1) is 0 Å². The van der Waals surface area contributed by atoms with E-state index in [9.17, 15) is 4.79 Å². The second-order valence-electron chi connectivity index (χ2n) is 5.60. The van der Waals surface area contributed by atoms with Crippen molar-refractivity contribution in [3.05, 3.63) is 29.8 Å². The molecule has 0 bridgehead atoms. The van der Waals surface area contributed by atoms with Crippen molar-refractivity contribution in [1.82, 2.24) is 9.80 Å². The standard InChI is InChI=1S/C15H23N3O/c1-16(2)13-7-5-12(6-8-13)15(19)18-10-9-14(11-18)17(3)4/h5-8,14H,9-11H2,1-4H3. The number of benzene rings is 1. The molecule has 1 atom stereocenters. The summed E-state index contributed by atoms with van der Waals surface area (Å²) in [4.78, 5) is 18.6. The largest absolute Gasteiger partial charge is 0.378 e. The molecule has 0 aromatic heterocycles. The van der Waals surface area contributed by atoms with Gasteiger partial charge >= 0.3 is 0 Å². The molecule has 1 fully saturated rings. The van der Waals surface area contributed by atoms with Gasteiger partial charge in [-0.05, 0) is 44.8 Å². The summed E-state index contributed by atoms with van der Waals surface area (Å²) in [5.41, 5.74) is 1.90. The maximum Gasteiger partial charge on any atom is 0.253 e. The maximum atomic E-state index is 12.4. The summed E-state index contributed by atoms with van der Waals surface area (Å²) in [7, 11) is 8.15. The molecule has 0 spiro atoms. The van der Waals surface area contributed by atoms with Gasteiger partial charge in [0.15, 0.2) is 0 Å². The van der Waals surface area contributed by atoms with Gasteiger partial charge in [-0.25, -0.2) is 0 Å². The molecule has 1 unspecified atom stereocenters. The van der Waals surface area contributed by atoms with E-state index in [2.05, 4.69) is 19.0 Å². The average molecular weight is 261 g/mol. The Hall–Kier alpha value is -1.55. The molecule has 1 saturated heterocycles. The van der Waals surface area contributed by atoms with Crippen LogP contribution >= 0.6 is 0 Å². The van der Waals surface area contributed by atoms with Crippen LogP contribution in [0.15, 0.2) is 24.3 Å². The summed E-state index contributed by atoms with van der Waals surface area (Å²) in [6.45, 7) is 1.69. The Balaban J connectivity index is 2.04. The van der Waals surface area contributed by atoms with Crippen LogP contribution in [0.5, 0.6) is 0 Å². The van der Waals surface area contributed by atoms with E-state index in [-0.39, 0.29) is 5.91 Å². The van der Waals surface area contributed by atoms with Gasteiger partial charge in [0.25, 0.3) is 5.91 Å². The van der Waals surface area contributed by atoms with Crippen molar-refractivity contribution in [2.45, 2.75) is 12.5 Å². The SMILES string of the molecule is CN(C)c1ccc(C(=O)N2CCC(N(C)C)C2)cc1. The lowest BCUT2D eigenvalue weighted by Crippen LogP contribution is -2.34. The van der Waals surface area contributed by atoms with Crippen molar-refractivity contribution in [2.75, 3.05) is 46.2 Å². The molecule has 0 aliphatic carbocycles. The van der Waals surface area contributed by atoms with Crippen LogP contribution in [-0.4, -0.2) is 63.0 Å². The zero-order valence-corrected chi connectivity index (χ0v) is 12.3. The van der Waals surface area contributed by atoms with E-state index in [1.54, 1.807) is 0 Å². The first-order valence-electron chi connectivity index (χ1n) is 6.72. The van der Waals surface area contributed by atoms with Crippen LogP contribution in [0.25, 0.3) is 0 Å². The number of anilines is 1. The van der Waals surface area contributed by atoms with Crippen LogP contribution in [-0.2, 0) is 0 Å². The molecule has 0 radical (unpaired) electrons. The Morgan fingerprint density at radius 3 is 2.26 bits per heavy atom. The Kier molecular flexibility index (Phi) is 4.10. The number of carbonyl (C=O) groups excluding carboxylic acids is 1. The van der Waals surface area contributed by atoms with Crippen molar-refractivity contribution < 1.29 is 4.79 Å². The summed E-state index contributed by atoms with van der Waals surface area (Å²) >= 11 is 0. The second-order valence-corrected chi connectivity index (χ2v) is 5.60. The number of hydrogen-bond donors (Lipinski definition) is 0. The number of amides is 1. The van der Waals surface area contributed by atoms with E-state index in [0.29, 0.717) is 6.04 Å². The van der Waals surface area contributed by atoms with Crippen LogP contribution in [0.1, 0.15) is 16.8 Å². The minimum atomic E-state index is 0.148. The lowest BCUT2D eigenvalue weighted by molar-refractivity contribution is 0.0783. The quantitative estimate of drug-likeness (QED) is 0.825. The third-order valence-electron chi connectivity index (χ3n) is 3.81. The first-order valence-corrected chi connectivity index (χ1v) is 6.72. The molecule has 1 aliphatic rings. The fourth-order valence-corrected chi connectivity index (χ4v) is 2.43. The van der Waals surface area contributed by atoms with Crippen molar-refractivity contribution in [3.8, 4) is 0 Å². The molecule has 4 nitrogen and oxygen atoms in total. The van der Waals surface area contributed by atoms with Crippen LogP contribution in [0, 0.1) is 0 Å². The minimum absolute atomic E-state index is 0.148. The molecule has 1 aliphatic heterocycles. The van der Waals surface area contributed by atoms with E-state index >= 15 is 0 Å². The first kappa shape index (κ1) is 13.9. The lowest BCUT2D eigenvalue weighted by atomic mass is 10.2. The molecule has 1 heterocycles. The highest BCUT2D eigenvalue weighted by atomic mass is 16.2. The second kappa shape index (κ2) is 5.61. The van der Waals surface area contributed by atoms with Gasteiger partial charge in [-0.1, -0.05) is 0 Å². The van der Waals surface area contributed by atoms with Gasteiger partial charge < -0.3 is 14.7 Å². The highest BCUT2D eigenvalue weighted by Gasteiger charge is 2.27. The fourth-order valence-electron chi connectivity index (χ4n) is 2.43. The monoisotopic (exact) mass is 261 g/mol. The molecule has 4 heteroatoms. The normalized spacial score (nSPS) is 19.0. The van der Waals surface area contributed by atoms with E-state index < -0.39 is 0 Å². The van der Waals surface area contributed by atoms with E-state index in [1.807, 2.05) is 48.2 Å². The Morgan fingerprint density at radius 1 is 1.16 bits per heavy atom. The Labute approximate surface area is 115 Å². The summed E-state index contributed by atoms with van der Waals surface area (Å²) in [5, 5.41) is 0. The summed E-state index contributed by atoms with van der Waals surface area (Å²) in [6, 6.07) is 8.31. The van der Waals surface area contributed by atoms with Gasteiger partial charge in [0.2, 0.25) is 0 Å². The van der Waals surface area contributed by atoms with Gasteiger partial charge in [0, 0.05) is 44.5 Å². The van der Waals surface area contributed by atoms with Crippen LogP contribution in [0.2, 0.25) is 0 Å². The van der Waals surface area contributed by atoms with Crippen molar-refractivity contribution in [2.24, 2.45) is 0 Å². The third-order valence-corrected chi connectivity index (χ3v) is 3.81. The number of likely N-dealkylation sites (N-methyl/N-ethyl adjacent to an activating group) is 1. The highest BCUT2D eigenvalue weighted by molar-refractivity contribution is 5.94. The Morgan fingerprint density at radius 2 is 1.79 bits per heavy atom. The number of rotatable bonds is 3. The van der Waals surface area contributed by atoms with Crippen LogP contribution in [0.3, 0.4) is 0 Å². The van der Waals surface area contributed by atoms with E-state index in [1.165, 1.54) is 0 Å². The zero-order chi connectivity index (χ0) is 14.0. The predicted molar refractivity (Wildman–Crippen MR) is 78.8 cm³/mol. The molecule has 19 heavy (non-hydrogen) atoms. The smallest absolute Gasteiger partial charge is 0.253 e. The van der Waals surface area contributed by atoms with E-state index in [0.717, 1.165) is 30.8 Å². The van der Waals surface area contributed by atoms with E-state index in [4.69, 9.17) is 0 Å². The maximum absolute atomic E-state index is 12.4. The average Bonchev–Trinajstić information content (AvgIpc) is 2.87. The lowest BCUT2D eigenvalue weighted by Gasteiger charge is -2.20. The summed E-state index contributed by atoms with van der Waals surface area (Å²) < 4.78 is 0. The number of likely N-dealkylation sites (tertiary alicyclic amines) is 1. The number of nitrogens with zero attached hydrogens (tertiary/aromatic N) is 3. The molecule has 1 aromatic carbocycles. The minimum Gasteiger partial charge on any atom is -0.378 e. The van der Waals surface area contributed by atoms with Crippen LogP contribution < -0.4 is 4.90 Å². The fraction of sp³-hybridized carbons (Fsp3) is 0.533. The van der Waals surface area contributed by atoms with Gasteiger partial charge in [-0.2, -0.15) is 0 Å². The number of hydrogen-bond acceptors (Lipinski definition) is 3. The van der Waals surface area contributed by atoms with Crippen molar-refractivity contribution in [1.29, 1.82) is 0 Å². The molecule has 0 N–H and O–H groups in total. The highest BCUT2D eigenvalue weighted by Crippen LogP contribution is 2.18. The molecule has 2 rings (SSSR count). The molecular weight excluding hydrogens is 238 g/mol. The summed E-state index contributed by atoms with van der Waals surface area (Å²) in [5.74, 6) is 0.148.